The van der Waals surface area contributed by atoms with Gasteiger partial charge >= 0.3 is 0 Å². The number of fused-ring (bicyclic) bond motifs is 1. The normalized spacial score (nSPS) is 36.3. The Kier molecular flexibility index (Phi) is 4.25. The molecule has 2 aliphatic carbocycles. The van der Waals surface area contributed by atoms with E-state index >= 15 is 0 Å². The Bertz CT molecular complexity index is 356. The van der Waals surface area contributed by atoms with Crippen molar-refractivity contribution in [1.82, 2.24) is 0 Å². The maximum atomic E-state index is 12.5. The summed E-state index contributed by atoms with van der Waals surface area (Å²) >= 11 is 1.84. The third-order valence-electron chi connectivity index (χ3n) is 4.80. The van der Waals surface area contributed by atoms with Gasteiger partial charge in [-0.05, 0) is 47.7 Å². The first-order valence-electron chi connectivity index (χ1n) is 7.32. The molecule has 0 heterocycles. The summed E-state index contributed by atoms with van der Waals surface area (Å²) in [5, 5.41) is 2.17. The molecule has 0 aromatic heterocycles. The summed E-state index contributed by atoms with van der Waals surface area (Å²) < 4.78 is 0. The quantitative estimate of drug-likeness (QED) is 0.543. The van der Waals surface area contributed by atoms with Crippen molar-refractivity contribution in [3.63, 3.8) is 0 Å². The Hall–Kier alpha value is -0.240. The number of rotatable bonds is 4. The summed E-state index contributed by atoms with van der Waals surface area (Å²) in [5.41, 5.74) is 1.47. The second kappa shape index (κ2) is 5.40. The van der Waals surface area contributed by atoms with E-state index in [1.165, 1.54) is 19.3 Å². The number of carbonyl (C=O) groups excluding carboxylic acids is 1. The number of carbonyl (C=O) groups is 1. The average Bonchev–Trinajstić information content (AvgIpc) is 2.73. The van der Waals surface area contributed by atoms with Crippen LogP contribution in [0, 0.1) is 23.2 Å². The van der Waals surface area contributed by atoms with Crippen molar-refractivity contribution >= 4 is 17.5 Å². The lowest BCUT2D eigenvalue weighted by molar-refractivity contribution is -0.119. The average molecular weight is 266 g/mol. The molecule has 2 rings (SSSR count). The molecule has 1 nitrogen and oxygen atoms in total. The Morgan fingerprint density at radius 2 is 2.17 bits per heavy atom. The summed E-state index contributed by atoms with van der Waals surface area (Å²) in [4.78, 5) is 12.5. The first-order valence-corrected chi connectivity index (χ1v) is 8.37. The van der Waals surface area contributed by atoms with Gasteiger partial charge in [0.1, 0.15) is 0 Å². The number of thioether (sulfide) groups is 1. The SMILES string of the molecule is CCCCS/C=C1/C[C@H]2[C@@H](C1=O)[C@@H](C)CC2(C)C. The Labute approximate surface area is 116 Å². The summed E-state index contributed by atoms with van der Waals surface area (Å²) in [6.07, 6.45) is 4.72. The van der Waals surface area contributed by atoms with Gasteiger partial charge in [0, 0.05) is 11.5 Å². The summed E-state index contributed by atoms with van der Waals surface area (Å²) in [7, 11) is 0. The summed E-state index contributed by atoms with van der Waals surface area (Å²) in [5.74, 6) is 3.10. The van der Waals surface area contributed by atoms with Crippen LogP contribution < -0.4 is 0 Å². The maximum Gasteiger partial charge on any atom is 0.163 e. The molecule has 0 amide bonds. The number of hydrogen-bond donors (Lipinski definition) is 0. The molecule has 0 saturated heterocycles. The molecule has 3 atom stereocenters. The molecule has 102 valence electrons. The van der Waals surface area contributed by atoms with Crippen LogP contribution in [0.4, 0.5) is 0 Å². The molecule has 2 saturated carbocycles. The van der Waals surface area contributed by atoms with Crippen LogP contribution in [0.2, 0.25) is 0 Å². The first-order chi connectivity index (χ1) is 8.47. The lowest BCUT2D eigenvalue weighted by Gasteiger charge is -2.25. The van der Waals surface area contributed by atoms with Gasteiger partial charge in [-0.15, -0.1) is 11.8 Å². The zero-order valence-electron chi connectivity index (χ0n) is 12.2. The molecular formula is C16H26OS. The molecule has 0 bridgehead atoms. The van der Waals surface area contributed by atoms with Crippen LogP contribution in [0.3, 0.4) is 0 Å². The molecule has 2 aliphatic rings. The second-order valence-corrected chi connectivity index (χ2v) is 7.72. The van der Waals surface area contributed by atoms with E-state index in [9.17, 15) is 4.79 Å². The molecule has 0 aromatic carbocycles. The van der Waals surface area contributed by atoms with E-state index in [2.05, 4.69) is 33.1 Å². The zero-order chi connectivity index (χ0) is 13.3. The first kappa shape index (κ1) is 14.2. The van der Waals surface area contributed by atoms with Gasteiger partial charge in [0.25, 0.3) is 0 Å². The van der Waals surface area contributed by atoms with E-state index < -0.39 is 0 Å². The van der Waals surface area contributed by atoms with Gasteiger partial charge in [-0.2, -0.15) is 0 Å². The highest BCUT2D eigenvalue weighted by atomic mass is 32.2. The van der Waals surface area contributed by atoms with E-state index in [0.29, 0.717) is 29.0 Å². The van der Waals surface area contributed by atoms with Crippen molar-refractivity contribution in [2.75, 3.05) is 5.75 Å². The van der Waals surface area contributed by atoms with E-state index in [-0.39, 0.29) is 0 Å². The molecule has 0 unspecified atom stereocenters. The summed E-state index contributed by atoms with van der Waals surface area (Å²) in [6, 6.07) is 0. The van der Waals surface area contributed by atoms with Gasteiger partial charge in [-0.1, -0.05) is 34.1 Å². The van der Waals surface area contributed by atoms with Crippen LogP contribution in [-0.4, -0.2) is 11.5 Å². The molecular weight excluding hydrogens is 240 g/mol. The molecule has 0 radical (unpaired) electrons. The third kappa shape index (κ3) is 2.54. The highest BCUT2D eigenvalue weighted by Gasteiger charge is 2.53. The Morgan fingerprint density at radius 3 is 2.78 bits per heavy atom. The molecule has 18 heavy (non-hydrogen) atoms. The molecule has 0 aromatic rings. The van der Waals surface area contributed by atoms with Gasteiger partial charge < -0.3 is 0 Å². The minimum atomic E-state index is 0.318. The van der Waals surface area contributed by atoms with Crippen LogP contribution in [0.1, 0.15) is 53.4 Å². The van der Waals surface area contributed by atoms with Gasteiger partial charge in [0.15, 0.2) is 5.78 Å². The van der Waals surface area contributed by atoms with Crippen molar-refractivity contribution in [3.8, 4) is 0 Å². The number of ketones is 1. The minimum Gasteiger partial charge on any atom is -0.294 e. The van der Waals surface area contributed by atoms with Crippen LogP contribution in [-0.2, 0) is 4.79 Å². The topological polar surface area (TPSA) is 17.1 Å². The van der Waals surface area contributed by atoms with Gasteiger partial charge in [-0.3, -0.25) is 4.79 Å². The van der Waals surface area contributed by atoms with Crippen molar-refractivity contribution in [2.24, 2.45) is 23.2 Å². The summed E-state index contributed by atoms with van der Waals surface area (Å²) in [6.45, 7) is 9.16. The van der Waals surface area contributed by atoms with Crippen molar-refractivity contribution in [3.05, 3.63) is 11.0 Å². The largest absolute Gasteiger partial charge is 0.294 e. The predicted molar refractivity (Wildman–Crippen MR) is 79.6 cm³/mol. The molecule has 0 spiro atoms. The molecule has 0 aliphatic heterocycles. The van der Waals surface area contributed by atoms with Crippen molar-refractivity contribution in [2.45, 2.75) is 53.4 Å². The monoisotopic (exact) mass is 266 g/mol. The lowest BCUT2D eigenvalue weighted by atomic mass is 9.80. The van der Waals surface area contributed by atoms with Gasteiger partial charge in [0.05, 0.1) is 0 Å². The number of Topliss-reactive ketones (excluding diaryl/α,β-unsaturated/α-hetero) is 1. The fraction of sp³-hybridized carbons (Fsp3) is 0.812. The third-order valence-corrected chi connectivity index (χ3v) is 5.77. The fourth-order valence-electron chi connectivity index (χ4n) is 3.88. The van der Waals surface area contributed by atoms with E-state index in [1.54, 1.807) is 0 Å². The van der Waals surface area contributed by atoms with E-state index in [0.717, 1.165) is 17.7 Å². The minimum absolute atomic E-state index is 0.318. The van der Waals surface area contributed by atoms with Crippen LogP contribution in [0.25, 0.3) is 0 Å². The molecule has 2 heteroatoms. The standard InChI is InChI=1S/C16H26OS/c1-5-6-7-18-10-12-8-13-14(15(12)17)11(2)9-16(13,3)4/h10-11,13-14H,5-9H2,1-4H3/b12-10-/t11-,13-,14-/m0/s1. The Morgan fingerprint density at radius 1 is 1.44 bits per heavy atom. The van der Waals surface area contributed by atoms with Crippen LogP contribution in [0.15, 0.2) is 11.0 Å². The highest BCUT2D eigenvalue weighted by molar-refractivity contribution is 8.02. The number of unbranched alkanes of at least 4 members (excludes halogenated alkanes) is 1. The second-order valence-electron chi connectivity index (χ2n) is 6.74. The Balaban J connectivity index is 2.04. The predicted octanol–water partition coefficient (Wildman–Crippen LogP) is 4.67. The number of allylic oxidation sites excluding steroid dienone is 1. The van der Waals surface area contributed by atoms with Gasteiger partial charge in [-0.25, -0.2) is 0 Å². The van der Waals surface area contributed by atoms with E-state index in [1.807, 2.05) is 11.8 Å². The zero-order valence-corrected chi connectivity index (χ0v) is 13.0. The smallest absolute Gasteiger partial charge is 0.163 e. The van der Waals surface area contributed by atoms with Gasteiger partial charge in [0.2, 0.25) is 0 Å². The maximum absolute atomic E-state index is 12.5. The fourth-order valence-corrected chi connectivity index (χ4v) is 4.87. The molecule has 2 fully saturated rings. The van der Waals surface area contributed by atoms with E-state index in [4.69, 9.17) is 0 Å². The lowest BCUT2D eigenvalue weighted by Crippen LogP contribution is -2.20. The van der Waals surface area contributed by atoms with Crippen molar-refractivity contribution in [1.29, 1.82) is 0 Å². The highest BCUT2D eigenvalue weighted by Crippen LogP contribution is 2.57. The molecule has 0 N–H and O–H groups in total. The van der Waals surface area contributed by atoms with Crippen LogP contribution >= 0.6 is 11.8 Å². The van der Waals surface area contributed by atoms with Crippen LogP contribution in [0.5, 0.6) is 0 Å². The number of hydrogen-bond acceptors (Lipinski definition) is 2. The van der Waals surface area contributed by atoms with Crippen molar-refractivity contribution < 1.29 is 4.79 Å².